The number of amides is 1. The fourth-order valence-electron chi connectivity index (χ4n) is 3.79. The Bertz CT molecular complexity index is 639. The number of nitrogens with zero attached hydrogens (tertiary/aromatic N) is 1. The van der Waals surface area contributed by atoms with Gasteiger partial charge < -0.3 is 10.1 Å². The number of hydrogen-bond donors (Lipinski definition) is 1. The van der Waals surface area contributed by atoms with Gasteiger partial charge in [-0.1, -0.05) is 55.5 Å². The molecule has 140 valence electrons. The van der Waals surface area contributed by atoms with Gasteiger partial charge in [0.15, 0.2) is 0 Å². The number of ether oxygens (including phenoxy) is 1. The summed E-state index contributed by atoms with van der Waals surface area (Å²) >= 11 is 0. The molecule has 0 aromatic heterocycles. The lowest BCUT2D eigenvalue weighted by molar-refractivity contribution is 0.0187. The summed E-state index contributed by atoms with van der Waals surface area (Å²) in [5, 5.41) is 2.89. The molecule has 1 amide bonds. The topological polar surface area (TPSA) is 41.6 Å². The average Bonchev–Trinajstić information content (AvgIpc) is 2.69. The molecule has 4 nitrogen and oxygen atoms in total. The monoisotopic (exact) mass is 354 g/mol. The molecule has 2 unspecified atom stereocenters. The van der Waals surface area contributed by atoms with Crippen LogP contribution in [0.3, 0.4) is 0 Å². The minimum Gasteiger partial charge on any atom is -0.446 e. The summed E-state index contributed by atoms with van der Waals surface area (Å²) in [5.74, 6) is 0. The van der Waals surface area contributed by atoms with Gasteiger partial charge in [-0.3, -0.25) is 4.90 Å². The van der Waals surface area contributed by atoms with E-state index in [1.807, 2.05) is 0 Å². The number of carbonyl (C=O) groups excluding carboxylic acids is 1. The fourth-order valence-corrected chi connectivity index (χ4v) is 3.79. The summed E-state index contributed by atoms with van der Waals surface area (Å²) in [6, 6.07) is 11.1. The molecule has 1 aromatic carbocycles. The van der Waals surface area contributed by atoms with Gasteiger partial charge in [0.1, 0.15) is 6.10 Å². The second-order valence-corrected chi connectivity index (χ2v) is 7.18. The molecule has 3 rings (SSSR count). The van der Waals surface area contributed by atoms with E-state index in [1.54, 1.807) is 0 Å². The molecule has 0 radical (unpaired) electrons. The molecule has 26 heavy (non-hydrogen) atoms. The van der Waals surface area contributed by atoms with E-state index < -0.39 is 0 Å². The van der Waals surface area contributed by atoms with Gasteiger partial charge in [-0.05, 0) is 36.8 Å². The molecule has 0 bridgehead atoms. The molecule has 0 spiro atoms. The number of allylic oxidation sites excluding steroid dienone is 2. The Morgan fingerprint density at radius 1 is 1.27 bits per heavy atom. The van der Waals surface area contributed by atoms with E-state index in [1.165, 1.54) is 5.56 Å². The number of alkyl carbamates (subject to hydrolysis) is 1. The lowest BCUT2D eigenvalue weighted by atomic mass is 9.96. The van der Waals surface area contributed by atoms with Crippen molar-refractivity contribution in [1.82, 2.24) is 10.2 Å². The molecule has 4 heteroatoms. The molecule has 1 saturated heterocycles. The minimum absolute atomic E-state index is 0.0165. The van der Waals surface area contributed by atoms with E-state index in [0.717, 1.165) is 50.8 Å². The zero-order chi connectivity index (χ0) is 18.2. The second kappa shape index (κ2) is 9.58. The number of piperidine rings is 1. The van der Waals surface area contributed by atoms with Gasteiger partial charge in [-0.2, -0.15) is 0 Å². The van der Waals surface area contributed by atoms with Gasteiger partial charge in [0.25, 0.3) is 0 Å². The van der Waals surface area contributed by atoms with Crippen molar-refractivity contribution in [3.63, 3.8) is 0 Å². The van der Waals surface area contributed by atoms with E-state index in [0.29, 0.717) is 12.6 Å². The minimum atomic E-state index is -0.291. The molecule has 1 aliphatic heterocycles. The molecule has 1 aromatic rings. The Kier molecular flexibility index (Phi) is 6.89. The quantitative estimate of drug-likeness (QED) is 0.821. The van der Waals surface area contributed by atoms with Crippen LogP contribution in [0, 0.1) is 0 Å². The predicted octanol–water partition coefficient (Wildman–Crippen LogP) is 4.43. The van der Waals surface area contributed by atoms with Crippen molar-refractivity contribution in [1.29, 1.82) is 0 Å². The molecular weight excluding hydrogens is 324 g/mol. The van der Waals surface area contributed by atoms with E-state index in [9.17, 15) is 4.79 Å². The predicted molar refractivity (Wildman–Crippen MR) is 105 cm³/mol. The standard InChI is InChI=1S/C22H30N2O2/c1-2-20-15-21(13-14-24(20)17-19-11-7-4-8-12-19)26-22(25)23-16-18-9-5-3-6-10-18/h4-5,7-12,20-21H,2-3,6,13-17H2,1H3,(H,23,25). The lowest BCUT2D eigenvalue weighted by Crippen LogP contribution is -2.45. The molecule has 1 N–H and O–H groups in total. The summed E-state index contributed by atoms with van der Waals surface area (Å²) in [4.78, 5) is 14.6. The number of nitrogens with one attached hydrogen (secondary N) is 1. The largest absolute Gasteiger partial charge is 0.446 e. The van der Waals surface area contributed by atoms with Crippen LogP contribution in [-0.4, -0.2) is 36.2 Å². The van der Waals surface area contributed by atoms with Gasteiger partial charge in [0, 0.05) is 32.1 Å². The zero-order valence-corrected chi connectivity index (χ0v) is 15.7. The van der Waals surface area contributed by atoms with Crippen molar-refractivity contribution in [2.45, 2.75) is 57.7 Å². The van der Waals surface area contributed by atoms with Crippen LogP contribution in [0.5, 0.6) is 0 Å². The summed E-state index contributed by atoms with van der Waals surface area (Å²) in [6.07, 6.45) is 11.2. The molecular formula is C22H30N2O2. The van der Waals surface area contributed by atoms with E-state index >= 15 is 0 Å². The number of hydrogen-bond acceptors (Lipinski definition) is 3. The highest BCUT2D eigenvalue weighted by atomic mass is 16.6. The SMILES string of the molecule is CCC1CC(OC(=O)NCC2=CCCC=C2)CCN1Cc1ccccc1. The van der Waals surface area contributed by atoms with E-state index in [4.69, 9.17) is 4.74 Å². The Morgan fingerprint density at radius 2 is 2.12 bits per heavy atom. The zero-order valence-electron chi connectivity index (χ0n) is 15.7. The second-order valence-electron chi connectivity index (χ2n) is 7.18. The van der Waals surface area contributed by atoms with Crippen molar-refractivity contribution in [3.05, 3.63) is 59.7 Å². The maximum absolute atomic E-state index is 12.1. The highest BCUT2D eigenvalue weighted by Gasteiger charge is 2.29. The third-order valence-corrected chi connectivity index (χ3v) is 5.27. The highest BCUT2D eigenvalue weighted by Crippen LogP contribution is 2.24. The number of benzene rings is 1. The first kappa shape index (κ1) is 18.7. The normalized spacial score (nSPS) is 23.3. The van der Waals surface area contributed by atoms with Crippen LogP contribution in [0.25, 0.3) is 0 Å². The van der Waals surface area contributed by atoms with Crippen LogP contribution in [0.2, 0.25) is 0 Å². The maximum atomic E-state index is 12.1. The summed E-state index contributed by atoms with van der Waals surface area (Å²) in [6.45, 7) is 4.71. The van der Waals surface area contributed by atoms with Crippen molar-refractivity contribution in [3.8, 4) is 0 Å². The Hall–Kier alpha value is -2.07. The van der Waals surface area contributed by atoms with Crippen LogP contribution in [-0.2, 0) is 11.3 Å². The first-order valence-corrected chi connectivity index (χ1v) is 9.82. The van der Waals surface area contributed by atoms with Gasteiger partial charge in [0.05, 0.1) is 0 Å². The van der Waals surface area contributed by atoms with Crippen LogP contribution in [0.15, 0.2) is 54.1 Å². The van der Waals surface area contributed by atoms with Gasteiger partial charge in [-0.25, -0.2) is 4.79 Å². The number of carbonyl (C=O) groups is 1. The van der Waals surface area contributed by atoms with Crippen molar-refractivity contribution in [2.24, 2.45) is 0 Å². The third kappa shape index (κ3) is 5.46. The number of likely N-dealkylation sites (tertiary alicyclic amines) is 1. The van der Waals surface area contributed by atoms with Crippen molar-refractivity contribution >= 4 is 6.09 Å². The Balaban J connectivity index is 1.45. The van der Waals surface area contributed by atoms with Crippen LogP contribution < -0.4 is 5.32 Å². The summed E-state index contributed by atoms with van der Waals surface area (Å²) < 4.78 is 5.68. The van der Waals surface area contributed by atoms with Gasteiger partial charge in [-0.15, -0.1) is 0 Å². The molecule has 1 heterocycles. The molecule has 1 fully saturated rings. The average molecular weight is 354 g/mol. The van der Waals surface area contributed by atoms with E-state index in [2.05, 4.69) is 65.7 Å². The maximum Gasteiger partial charge on any atom is 0.407 e. The first-order chi connectivity index (χ1) is 12.7. The smallest absolute Gasteiger partial charge is 0.407 e. The van der Waals surface area contributed by atoms with Gasteiger partial charge in [0.2, 0.25) is 0 Å². The lowest BCUT2D eigenvalue weighted by Gasteiger charge is -2.38. The van der Waals surface area contributed by atoms with Crippen LogP contribution in [0.1, 0.15) is 44.6 Å². The van der Waals surface area contributed by atoms with Crippen molar-refractivity contribution < 1.29 is 9.53 Å². The molecule has 1 aliphatic carbocycles. The Labute approximate surface area is 156 Å². The third-order valence-electron chi connectivity index (χ3n) is 5.27. The molecule has 2 atom stereocenters. The number of rotatable bonds is 6. The summed E-state index contributed by atoms with van der Waals surface area (Å²) in [5.41, 5.74) is 2.51. The van der Waals surface area contributed by atoms with Gasteiger partial charge >= 0.3 is 6.09 Å². The Morgan fingerprint density at radius 3 is 2.85 bits per heavy atom. The summed E-state index contributed by atoms with van der Waals surface area (Å²) in [7, 11) is 0. The fraction of sp³-hybridized carbons (Fsp3) is 0.500. The van der Waals surface area contributed by atoms with Crippen LogP contribution in [0.4, 0.5) is 4.79 Å². The molecule has 0 saturated carbocycles. The van der Waals surface area contributed by atoms with Crippen LogP contribution >= 0.6 is 0 Å². The first-order valence-electron chi connectivity index (χ1n) is 9.82. The van der Waals surface area contributed by atoms with Crippen molar-refractivity contribution in [2.75, 3.05) is 13.1 Å². The van der Waals surface area contributed by atoms with E-state index in [-0.39, 0.29) is 12.2 Å². The molecule has 2 aliphatic rings. The highest BCUT2D eigenvalue weighted by molar-refractivity contribution is 5.68.